The maximum atomic E-state index is 10.2. The minimum absolute atomic E-state index is 0.0129. The Morgan fingerprint density at radius 1 is 1.00 bits per heavy atom. The molecule has 5 rings (SSSR count). The number of nitrogens with zero attached hydrogens (tertiary/aromatic N) is 1. The monoisotopic (exact) mass is 471 g/mol. The van der Waals surface area contributed by atoms with Crippen molar-refractivity contribution in [3.8, 4) is 17.6 Å². The van der Waals surface area contributed by atoms with Crippen molar-refractivity contribution >= 4 is 0 Å². The third-order valence-electron chi connectivity index (χ3n) is 6.67. The number of fused-ring (bicyclic) bond motifs is 1. The molecular weight excluding hydrogens is 442 g/mol. The highest BCUT2D eigenvalue weighted by Gasteiger charge is 2.29. The second-order valence-corrected chi connectivity index (χ2v) is 9.27. The second kappa shape index (κ2) is 10.5. The van der Waals surface area contributed by atoms with Crippen LogP contribution in [0.25, 0.3) is 0 Å². The summed E-state index contributed by atoms with van der Waals surface area (Å²) >= 11 is 0. The molecule has 2 aliphatic heterocycles. The van der Waals surface area contributed by atoms with Gasteiger partial charge in [-0.3, -0.25) is 0 Å². The molecule has 0 amide bonds. The molecule has 0 aromatic heterocycles. The Balaban J connectivity index is 1.23. The zero-order valence-electron chi connectivity index (χ0n) is 19.5. The minimum atomic E-state index is -0.513. The lowest BCUT2D eigenvalue weighted by atomic mass is 9.92. The highest BCUT2D eigenvalue weighted by Crippen LogP contribution is 2.33. The number of hydrogen-bond donors (Lipinski definition) is 2. The van der Waals surface area contributed by atoms with Gasteiger partial charge in [0.2, 0.25) is 0 Å². The Kier molecular flexibility index (Phi) is 7.01. The molecule has 1 fully saturated rings. The summed E-state index contributed by atoms with van der Waals surface area (Å²) in [7, 11) is 0. The Morgan fingerprint density at radius 3 is 2.60 bits per heavy atom. The number of rotatable bonds is 7. The molecule has 0 bridgehead atoms. The van der Waals surface area contributed by atoms with E-state index < -0.39 is 6.10 Å². The van der Waals surface area contributed by atoms with Crippen molar-refractivity contribution in [1.82, 2.24) is 0 Å². The van der Waals surface area contributed by atoms with Crippen LogP contribution in [0.3, 0.4) is 0 Å². The van der Waals surface area contributed by atoms with Crippen molar-refractivity contribution in [3.05, 3.63) is 94.5 Å². The van der Waals surface area contributed by atoms with Gasteiger partial charge in [0.15, 0.2) is 0 Å². The van der Waals surface area contributed by atoms with Crippen LogP contribution in [0.15, 0.2) is 66.7 Å². The zero-order chi connectivity index (χ0) is 24.2. The molecule has 1 unspecified atom stereocenters. The first-order valence-electron chi connectivity index (χ1n) is 12.0. The van der Waals surface area contributed by atoms with Gasteiger partial charge in [-0.15, -0.1) is 0 Å². The molecule has 3 aromatic rings. The molecule has 0 spiro atoms. The summed E-state index contributed by atoms with van der Waals surface area (Å²) < 4.78 is 17.9. The van der Waals surface area contributed by atoms with E-state index in [-0.39, 0.29) is 24.9 Å². The summed E-state index contributed by atoms with van der Waals surface area (Å²) in [6.45, 7) is 0.363. The van der Waals surface area contributed by atoms with Gasteiger partial charge in [0, 0.05) is 19.3 Å². The van der Waals surface area contributed by atoms with Gasteiger partial charge in [-0.1, -0.05) is 42.5 Å². The largest absolute Gasteiger partial charge is 0.490 e. The van der Waals surface area contributed by atoms with Crippen molar-refractivity contribution < 1.29 is 24.4 Å². The van der Waals surface area contributed by atoms with Crippen molar-refractivity contribution in [2.45, 2.75) is 50.1 Å². The summed E-state index contributed by atoms with van der Waals surface area (Å²) in [6, 6.07) is 23.9. The van der Waals surface area contributed by atoms with E-state index in [1.165, 1.54) is 5.56 Å². The van der Waals surface area contributed by atoms with Crippen LogP contribution in [0.2, 0.25) is 0 Å². The standard InChI is InChI=1S/C29H29NO5/c30-16-22-8-7-21(29-15-24(32)14-26(17-31)34-29)12-23(22)11-19-5-9-25(10-6-19)33-18-27-13-20-3-1-2-4-28(20)35-27/h1-10,12,24,26-27,29,31-32H,11,13-15,17-18H2/t24-,26-,27?,29+/m0/s1. The summed E-state index contributed by atoms with van der Waals surface area (Å²) in [5, 5.41) is 29.3. The fourth-order valence-corrected chi connectivity index (χ4v) is 4.85. The van der Waals surface area contributed by atoms with Crippen LogP contribution in [0, 0.1) is 11.3 Å². The summed E-state index contributed by atoms with van der Waals surface area (Å²) in [6.07, 6.45) is 1.18. The predicted molar refractivity (Wildman–Crippen MR) is 130 cm³/mol. The highest BCUT2D eigenvalue weighted by molar-refractivity contribution is 5.44. The third kappa shape index (κ3) is 5.49. The van der Waals surface area contributed by atoms with Crippen LogP contribution in [-0.4, -0.2) is 41.7 Å². The lowest BCUT2D eigenvalue weighted by Crippen LogP contribution is -2.33. The quantitative estimate of drug-likeness (QED) is 0.539. The molecule has 6 heteroatoms. The molecule has 6 nitrogen and oxygen atoms in total. The second-order valence-electron chi connectivity index (χ2n) is 9.27. The van der Waals surface area contributed by atoms with Gasteiger partial charge in [-0.25, -0.2) is 0 Å². The number of nitriles is 1. The van der Waals surface area contributed by atoms with Gasteiger partial charge < -0.3 is 24.4 Å². The van der Waals surface area contributed by atoms with Crippen LogP contribution < -0.4 is 9.47 Å². The van der Waals surface area contributed by atoms with Crippen LogP contribution in [0.1, 0.15) is 46.8 Å². The van der Waals surface area contributed by atoms with Gasteiger partial charge >= 0.3 is 0 Å². The third-order valence-corrected chi connectivity index (χ3v) is 6.67. The SMILES string of the molecule is N#Cc1ccc([C@H]2C[C@@H](O)C[C@@H](CO)O2)cc1Cc1ccc(OCC2Cc3ccccc3O2)cc1. The van der Waals surface area contributed by atoms with E-state index >= 15 is 0 Å². The molecule has 0 radical (unpaired) electrons. The van der Waals surface area contributed by atoms with Gasteiger partial charge in [-0.05, 0) is 52.9 Å². The van der Waals surface area contributed by atoms with Crippen LogP contribution >= 0.6 is 0 Å². The van der Waals surface area contributed by atoms with Crippen molar-refractivity contribution in [2.24, 2.45) is 0 Å². The average molecular weight is 472 g/mol. The van der Waals surface area contributed by atoms with Gasteiger partial charge in [0.1, 0.15) is 24.2 Å². The topological polar surface area (TPSA) is 91.9 Å². The summed E-state index contributed by atoms with van der Waals surface area (Å²) in [5.74, 6) is 1.72. The van der Waals surface area contributed by atoms with Gasteiger partial charge in [-0.2, -0.15) is 5.26 Å². The van der Waals surface area contributed by atoms with Crippen molar-refractivity contribution in [2.75, 3.05) is 13.2 Å². The van der Waals surface area contributed by atoms with E-state index in [9.17, 15) is 15.5 Å². The van der Waals surface area contributed by atoms with Crippen LogP contribution in [0.5, 0.6) is 11.5 Å². The molecular formula is C29H29NO5. The first-order valence-corrected chi connectivity index (χ1v) is 12.0. The number of aliphatic hydroxyl groups excluding tert-OH is 2. The lowest BCUT2D eigenvalue weighted by molar-refractivity contribution is -0.113. The normalized spacial score (nSPS) is 23.2. The van der Waals surface area contributed by atoms with Gasteiger partial charge in [0.05, 0.1) is 36.6 Å². The van der Waals surface area contributed by atoms with E-state index in [1.54, 1.807) is 6.07 Å². The van der Waals surface area contributed by atoms with Crippen LogP contribution in [0.4, 0.5) is 0 Å². The smallest absolute Gasteiger partial charge is 0.137 e. The minimum Gasteiger partial charge on any atom is -0.490 e. The first kappa shape index (κ1) is 23.4. The highest BCUT2D eigenvalue weighted by atomic mass is 16.5. The van der Waals surface area contributed by atoms with E-state index in [2.05, 4.69) is 12.1 Å². The molecule has 2 aliphatic rings. The van der Waals surface area contributed by atoms with Crippen LogP contribution in [-0.2, 0) is 17.6 Å². The molecule has 2 N–H and O–H groups in total. The van der Waals surface area contributed by atoms with Gasteiger partial charge in [0.25, 0.3) is 0 Å². The zero-order valence-corrected chi connectivity index (χ0v) is 19.5. The molecule has 1 saturated heterocycles. The van der Waals surface area contributed by atoms with E-state index in [4.69, 9.17) is 14.2 Å². The molecule has 35 heavy (non-hydrogen) atoms. The predicted octanol–water partition coefficient (Wildman–Crippen LogP) is 4.10. The number of hydrogen-bond acceptors (Lipinski definition) is 6. The Morgan fingerprint density at radius 2 is 1.83 bits per heavy atom. The maximum absolute atomic E-state index is 10.2. The number of benzene rings is 3. The molecule has 180 valence electrons. The maximum Gasteiger partial charge on any atom is 0.137 e. The Bertz CT molecular complexity index is 1180. The molecule has 4 atom stereocenters. The molecule has 0 saturated carbocycles. The lowest BCUT2D eigenvalue weighted by Gasteiger charge is -2.32. The number of para-hydroxylation sites is 1. The molecule has 3 aromatic carbocycles. The molecule has 2 heterocycles. The van der Waals surface area contributed by atoms with E-state index in [1.807, 2.05) is 54.6 Å². The summed E-state index contributed by atoms with van der Waals surface area (Å²) in [5.41, 5.74) is 4.70. The number of ether oxygens (including phenoxy) is 3. The average Bonchev–Trinajstić information content (AvgIpc) is 3.31. The van der Waals surface area contributed by atoms with Crippen molar-refractivity contribution in [3.63, 3.8) is 0 Å². The molecule has 0 aliphatic carbocycles. The fourth-order valence-electron chi connectivity index (χ4n) is 4.85. The fraction of sp³-hybridized carbons (Fsp3) is 0.345. The van der Waals surface area contributed by atoms with Crippen molar-refractivity contribution in [1.29, 1.82) is 5.26 Å². The number of aliphatic hydroxyl groups is 2. The Labute approximate surface area is 205 Å². The Hall–Kier alpha value is -3.37. The van der Waals surface area contributed by atoms with E-state index in [0.717, 1.165) is 34.6 Å². The first-order chi connectivity index (χ1) is 17.1. The van der Waals surface area contributed by atoms with E-state index in [0.29, 0.717) is 31.4 Å². The summed E-state index contributed by atoms with van der Waals surface area (Å²) in [4.78, 5) is 0.